The van der Waals surface area contributed by atoms with Crippen LogP contribution in [0.1, 0.15) is 5.56 Å². The Morgan fingerprint density at radius 3 is 2.62 bits per heavy atom. The van der Waals surface area contributed by atoms with Gasteiger partial charge in [0.25, 0.3) is 11.5 Å². The number of anilines is 1. The van der Waals surface area contributed by atoms with E-state index in [-0.39, 0.29) is 12.5 Å². The molecule has 9 nitrogen and oxygen atoms in total. The van der Waals surface area contributed by atoms with Crippen LogP contribution < -0.4 is 26.0 Å². The maximum atomic E-state index is 12.6. The maximum absolute atomic E-state index is 12.6. The molecule has 3 aromatic carbocycles. The van der Waals surface area contributed by atoms with Crippen LogP contribution in [0.5, 0.6) is 11.5 Å². The molecule has 1 amide bonds. The first-order valence-corrected chi connectivity index (χ1v) is 10.9. The molecular formula is C24H19BrN4O5. The van der Waals surface area contributed by atoms with E-state index in [1.54, 1.807) is 48.5 Å². The van der Waals surface area contributed by atoms with Gasteiger partial charge < -0.3 is 19.8 Å². The van der Waals surface area contributed by atoms with E-state index >= 15 is 0 Å². The summed E-state index contributed by atoms with van der Waals surface area (Å²) in [6, 6.07) is 19.0. The molecule has 0 aliphatic heterocycles. The highest BCUT2D eigenvalue weighted by Crippen LogP contribution is 2.36. The van der Waals surface area contributed by atoms with Gasteiger partial charge in [-0.15, -0.1) is 4.68 Å². The molecule has 0 spiro atoms. The fourth-order valence-electron chi connectivity index (χ4n) is 3.19. The minimum atomic E-state index is -0.657. The van der Waals surface area contributed by atoms with E-state index < -0.39 is 11.2 Å². The summed E-state index contributed by atoms with van der Waals surface area (Å²) in [6.07, 6.45) is 1.35. The van der Waals surface area contributed by atoms with Crippen LogP contribution in [-0.4, -0.2) is 35.5 Å². The summed E-state index contributed by atoms with van der Waals surface area (Å²) in [5.74, 6) is 0.326. The predicted octanol–water partition coefficient (Wildman–Crippen LogP) is 3.36. The lowest BCUT2D eigenvalue weighted by Gasteiger charge is -2.13. The third kappa shape index (κ3) is 5.07. The van der Waals surface area contributed by atoms with E-state index in [9.17, 15) is 14.4 Å². The smallest absolute Gasteiger partial charge is 0.349 e. The third-order valence-electron chi connectivity index (χ3n) is 4.76. The molecule has 4 rings (SSSR count). The fourth-order valence-corrected chi connectivity index (χ4v) is 3.77. The number of para-hydroxylation sites is 2. The number of hydrogen-bond donors (Lipinski definition) is 2. The average molecular weight is 523 g/mol. The zero-order chi connectivity index (χ0) is 24.1. The molecule has 172 valence electrons. The topological polar surface area (TPSA) is 115 Å². The summed E-state index contributed by atoms with van der Waals surface area (Å²) >= 11 is 3.41. The number of ether oxygens (including phenoxy) is 2. The van der Waals surface area contributed by atoms with Gasteiger partial charge in [0.05, 0.1) is 28.7 Å². The van der Waals surface area contributed by atoms with E-state index in [0.717, 1.165) is 4.68 Å². The predicted molar refractivity (Wildman–Crippen MR) is 133 cm³/mol. The largest absolute Gasteiger partial charge is 0.493 e. The lowest BCUT2D eigenvalue weighted by Crippen LogP contribution is -2.32. The van der Waals surface area contributed by atoms with Crippen LogP contribution in [0.2, 0.25) is 0 Å². The quantitative estimate of drug-likeness (QED) is 0.361. The molecule has 0 radical (unpaired) electrons. The number of hydrogen-bond acceptors (Lipinski definition) is 6. The number of aromatic amines is 1. The number of rotatable bonds is 7. The molecule has 0 fully saturated rings. The van der Waals surface area contributed by atoms with Crippen LogP contribution in [0.25, 0.3) is 10.9 Å². The highest BCUT2D eigenvalue weighted by atomic mass is 79.9. The summed E-state index contributed by atoms with van der Waals surface area (Å²) in [5.41, 5.74) is 0.435. The Morgan fingerprint density at radius 2 is 1.85 bits per heavy atom. The lowest BCUT2D eigenvalue weighted by atomic mass is 10.2. The van der Waals surface area contributed by atoms with Crippen molar-refractivity contribution < 1.29 is 14.3 Å². The van der Waals surface area contributed by atoms with Crippen molar-refractivity contribution in [3.05, 3.63) is 97.6 Å². The Balaban J connectivity index is 1.55. The Labute approximate surface area is 201 Å². The molecule has 0 bridgehead atoms. The molecule has 0 saturated carbocycles. The van der Waals surface area contributed by atoms with Crippen molar-refractivity contribution in [2.75, 3.05) is 19.0 Å². The summed E-state index contributed by atoms with van der Waals surface area (Å²) in [4.78, 5) is 39.8. The minimum absolute atomic E-state index is 0.237. The summed E-state index contributed by atoms with van der Waals surface area (Å²) < 4.78 is 12.3. The molecule has 4 aromatic rings. The number of methoxy groups -OCH3 is 1. The van der Waals surface area contributed by atoms with Crippen LogP contribution in [0, 0.1) is 0 Å². The number of fused-ring (bicyclic) bond motifs is 1. The summed E-state index contributed by atoms with van der Waals surface area (Å²) in [5, 5.41) is 7.13. The van der Waals surface area contributed by atoms with Gasteiger partial charge in [-0.25, -0.2) is 4.79 Å². The Bertz CT molecular complexity index is 1500. The second-order valence-electron chi connectivity index (χ2n) is 7.07. The number of carbonyl (C=O) groups excluding carboxylic acids is 1. The highest BCUT2D eigenvalue weighted by Gasteiger charge is 2.14. The second-order valence-corrected chi connectivity index (χ2v) is 7.93. The first kappa shape index (κ1) is 23.0. The standard InChI is InChI=1S/C24H19BrN4O5/c1-33-20-12-15(13-26-29-23(31)17-9-5-6-10-19(17)28-24(29)32)11-18(25)22(20)34-14-21(30)27-16-7-3-2-4-8-16/h2-13H,14H2,1H3,(H,27,30)(H,28,32). The van der Waals surface area contributed by atoms with Crippen LogP contribution in [0.4, 0.5) is 5.69 Å². The van der Waals surface area contributed by atoms with Crippen LogP contribution in [0.3, 0.4) is 0 Å². The van der Waals surface area contributed by atoms with Crippen molar-refractivity contribution in [2.24, 2.45) is 5.10 Å². The van der Waals surface area contributed by atoms with E-state index in [2.05, 4.69) is 31.3 Å². The van der Waals surface area contributed by atoms with Gasteiger partial charge >= 0.3 is 5.69 Å². The minimum Gasteiger partial charge on any atom is -0.493 e. The molecule has 1 heterocycles. The van der Waals surface area contributed by atoms with E-state index in [0.29, 0.717) is 38.1 Å². The van der Waals surface area contributed by atoms with Crippen molar-refractivity contribution >= 4 is 44.6 Å². The number of benzene rings is 3. The van der Waals surface area contributed by atoms with Crippen molar-refractivity contribution in [2.45, 2.75) is 0 Å². The van der Waals surface area contributed by atoms with Gasteiger partial charge in [-0.2, -0.15) is 5.10 Å². The maximum Gasteiger partial charge on any atom is 0.349 e. The van der Waals surface area contributed by atoms with Gasteiger partial charge in [0, 0.05) is 5.69 Å². The van der Waals surface area contributed by atoms with Gasteiger partial charge in [0.15, 0.2) is 18.1 Å². The van der Waals surface area contributed by atoms with Gasteiger partial charge in [-0.05, 0) is 57.9 Å². The normalized spacial score (nSPS) is 11.0. The molecular weight excluding hydrogens is 504 g/mol. The molecule has 0 unspecified atom stereocenters. The number of amides is 1. The van der Waals surface area contributed by atoms with Crippen LogP contribution in [0.15, 0.2) is 85.9 Å². The fraction of sp³-hybridized carbons (Fsp3) is 0.0833. The highest BCUT2D eigenvalue weighted by molar-refractivity contribution is 9.10. The van der Waals surface area contributed by atoms with Gasteiger partial charge in [-0.3, -0.25) is 9.59 Å². The molecule has 2 N–H and O–H groups in total. The van der Waals surface area contributed by atoms with Crippen molar-refractivity contribution in [1.82, 2.24) is 9.66 Å². The van der Waals surface area contributed by atoms with E-state index in [1.165, 1.54) is 13.3 Å². The van der Waals surface area contributed by atoms with Crippen LogP contribution in [-0.2, 0) is 4.79 Å². The molecule has 0 aliphatic carbocycles. The van der Waals surface area contributed by atoms with Gasteiger partial charge in [0.1, 0.15) is 0 Å². The van der Waals surface area contributed by atoms with E-state index in [4.69, 9.17) is 9.47 Å². The number of halogens is 1. The second kappa shape index (κ2) is 10.2. The van der Waals surface area contributed by atoms with Gasteiger partial charge in [0.2, 0.25) is 0 Å². The number of nitrogens with zero attached hydrogens (tertiary/aromatic N) is 2. The number of nitrogens with one attached hydrogen (secondary N) is 2. The zero-order valence-electron chi connectivity index (χ0n) is 17.9. The first-order chi connectivity index (χ1) is 16.5. The molecule has 1 aromatic heterocycles. The van der Waals surface area contributed by atoms with Crippen LogP contribution >= 0.6 is 15.9 Å². The monoisotopic (exact) mass is 522 g/mol. The molecule has 0 atom stereocenters. The molecule has 0 aliphatic rings. The van der Waals surface area contributed by atoms with Crippen molar-refractivity contribution in [3.8, 4) is 11.5 Å². The number of aromatic nitrogens is 2. The zero-order valence-corrected chi connectivity index (χ0v) is 19.5. The lowest BCUT2D eigenvalue weighted by molar-refractivity contribution is -0.118. The number of H-pyrrole nitrogens is 1. The Morgan fingerprint density at radius 1 is 1.12 bits per heavy atom. The summed E-state index contributed by atoms with van der Waals surface area (Å²) in [6.45, 7) is -0.237. The van der Waals surface area contributed by atoms with Crippen molar-refractivity contribution in [3.63, 3.8) is 0 Å². The van der Waals surface area contributed by atoms with Gasteiger partial charge in [-0.1, -0.05) is 30.3 Å². The van der Waals surface area contributed by atoms with E-state index in [1.807, 2.05) is 18.2 Å². The molecule has 34 heavy (non-hydrogen) atoms. The average Bonchev–Trinajstić information content (AvgIpc) is 2.83. The molecule has 10 heteroatoms. The third-order valence-corrected chi connectivity index (χ3v) is 5.35. The Kier molecular flexibility index (Phi) is 6.88. The number of carbonyl (C=O) groups is 1. The molecule has 0 saturated heterocycles. The SMILES string of the molecule is COc1cc(C=Nn2c(=O)[nH]c3ccccc3c2=O)cc(Br)c1OCC(=O)Nc1ccccc1. The summed E-state index contributed by atoms with van der Waals surface area (Å²) in [7, 11) is 1.46. The van der Waals surface area contributed by atoms with Crippen molar-refractivity contribution in [1.29, 1.82) is 0 Å². The first-order valence-electron chi connectivity index (χ1n) is 10.1. The Hall–Kier alpha value is -4.18.